The first-order valence-electron chi connectivity index (χ1n) is 9.17. The highest BCUT2D eigenvalue weighted by atomic mass is 19.4. The number of alkyl halides is 3. The van der Waals surface area contributed by atoms with E-state index >= 15 is 0 Å². The summed E-state index contributed by atoms with van der Waals surface area (Å²) in [5, 5.41) is 0.504. The maximum absolute atomic E-state index is 13.1. The third-order valence-electron chi connectivity index (χ3n) is 5.38. The Bertz CT molecular complexity index is 1120. The van der Waals surface area contributed by atoms with Gasteiger partial charge in [0.2, 0.25) is 0 Å². The SMILES string of the molecule is COc1cc(N2CC(C(=O)OF)C2)cc(-n2cc(C)c3cc(C(F)(F)F)ccc32)c1. The normalized spacial score (nSPS) is 14.7. The van der Waals surface area contributed by atoms with Gasteiger partial charge in [-0.3, -0.25) is 4.94 Å². The quantitative estimate of drug-likeness (QED) is 0.565. The lowest BCUT2D eigenvalue weighted by molar-refractivity contribution is -0.189. The number of fused-ring (bicyclic) bond motifs is 1. The Balaban J connectivity index is 1.74. The molecule has 9 heteroatoms. The smallest absolute Gasteiger partial charge is 0.416 e. The van der Waals surface area contributed by atoms with Crippen LogP contribution in [-0.4, -0.2) is 30.7 Å². The van der Waals surface area contributed by atoms with Gasteiger partial charge in [0.15, 0.2) is 0 Å². The number of hydrogen-bond acceptors (Lipinski definition) is 4. The highest BCUT2D eigenvalue weighted by Crippen LogP contribution is 2.36. The molecule has 30 heavy (non-hydrogen) atoms. The highest BCUT2D eigenvalue weighted by Gasteiger charge is 2.35. The summed E-state index contributed by atoms with van der Waals surface area (Å²) in [4.78, 5) is 16.5. The topological polar surface area (TPSA) is 43.7 Å². The number of halogens is 4. The zero-order chi connectivity index (χ0) is 21.6. The lowest BCUT2D eigenvalue weighted by atomic mass is 9.99. The number of hydrogen-bond donors (Lipinski definition) is 0. The maximum Gasteiger partial charge on any atom is 0.416 e. The van der Waals surface area contributed by atoms with Crippen LogP contribution >= 0.6 is 0 Å². The van der Waals surface area contributed by atoms with Crippen LogP contribution in [0.25, 0.3) is 16.6 Å². The molecule has 0 saturated carbocycles. The molecule has 1 saturated heterocycles. The van der Waals surface area contributed by atoms with Crippen molar-refractivity contribution < 1.29 is 32.2 Å². The predicted molar refractivity (Wildman–Crippen MR) is 102 cm³/mol. The van der Waals surface area contributed by atoms with Gasteiger partial charge in [-0.15, -0.1) is 0 Å². The van der Waals surface area contributed by atoms with Crippen LogP contribution in [0.4, 0.5) is 23.4 Å². The molecule has 3 aromatic rings. The predicted octanol–water partition coefficient (Wildman–Crippen LogP) is 4.83. The summed E-state index contributed by atoms with van der Waals surface area (Å²) in [6.45, 7) is 2.36. The summed E-state index contributed by atoms with van der Waals surface area (Å²) >= 11 is 0. The standard InChI is InChI=1S/C21H18F4N2O3/c1-12-9-27(19-4-3-14(5-18(12)19)21(22,23)24)16-6-15(7-17(8-16)29-2)26-10-13(11-26)20(28)30-25/h3-9,13H,10-11H2,1-2H3. The van der Waals surface area contributed by atoms with E-state index in [-0.39, 0.29) is 0 Å². The average molecular weight is 422 g/mol. The van der Waals surface area contributed by atoms with E-state index in [4.69, 9.17) is 4.74 Å². The molecule has 0 amide bonds. The van der Waals surface area contributed by atoms with Gasteiger partial charge in [0, 0.05) is 47.0 Å². The Labute approximate surface area is 169 Å². The van der Waals surface area contributed by atoms with Gasteiger partial charge in [0.25, 0.3) is 0 Å². The summed E-state index contributed by atoms with van der Waals surface area (Å²) in [5.74, 6) is -0.896. The molecule has 0 aliphatic carbocycles. The van der Waals surface area contributed by atoms with Crippen molar-refractivity contribution in [3.05, 3.63) is 53.7 Å². The molecular formula is C21H18F4N2O3. The van der Waals surface area contributed by atoms with Gasteiger partial charge in [-0.25, -0.2) is 4.79 Å². The number of aromatic nitrogens is 1. The Hall–Kier alpha value is -3.23. The van der Waals surface area contributed by atoms with Crippen molar-refractivity contribution in [1.82, 2.24) is 4.57 Å². The third-order valence-corrected chi connectivity index (χ3v) is 5.38. The van der Waals surface area contributed by atoms with E-state index in [1.807, 2.05) is 11.0 Å². The number of nitrogens with zero attached hydrogens (tertiary/aromatic N) is 2. The second-order valence-electron chi connectivity index (χ2n) is 7.30. The number of carbonyl (C=O) groups excluding carboxylic acids is 1. The van der Waals surface area contributed by atoms with Crippen LogP contribution < -0.4 is 9.64 Å². The molecule has 2 aromatic carbocycles. The lowest BCUT2D eigenvalue weighted by Crippen LogP contribution is -2.50. The van der Waals surface area contributed by atoms with Gasteiger partial charge >= 0.3 is 12.1 Å². The van der Waals surface area contributed by atoms with E-state index in [1.165, 1.54) is 13.2 Å². The monoisotopic (exact) mass is 422 g/mol. The number of rotatable bonds is 4. The summed E-state index contributed by atoms with van der Waals surface area (Å²) in [6, 6.07) is 9.04. The fourth-order valence-electron chi connectivity index (χ4n) is 3.69. The summed E-state index contributed by atoms with van der Waals surface area (Å²) in [7, 11) is 1.51. The minimum absolute atomic E-state index is 0.301. The van der Waals surface area contributed by atoms with Crippen LogP contribution in [0.3, 0.4) is 0 Å². The van der Waals surface area contributed by atoms with Crippen molar-refractivity contribution >= 4 is 22.6 Å². The number of ether oxygens (including phenoxy) is 1. The van der Waals surface area contributed by atoms with Crippen LogP contribution in [0.5, 0.6) is 5.75 Å². The fourth-order valence-corrected chi connectivity index (χ4v) is 3.69. The molecule has 4 rings (SSSR count). The van der Waals surface area contributed by atoms with Gasteiger partial charge in [-0.1, -0.05) is 0 Å². The number of aryl methyl sites for hydroxylation is 1. The Morgan fingerprint density at radius 2 is 1.80 bits per heavy atom. The Kier molecular flexibility index (Phi) is 4.83. The molecule has 1 aliphatic rings. The van der Waals surface area contributed by atoms with Crippen LogP contribution in [0.15, 0.2) is 42.6 Å². The molecule has 0 spiro atoms. The van der Waals surface area contributed by atoms with E-state index in [9.17, 15) is 22.5 Å². The van der Waals surface area contributed by atoms with Gasteiger partial charge < -0.3 is 14.2 Å². The van der Waals surface area contributed by atoms with E-state index in [2.05, 4.69) is 4.94 Å². The number of anilines is 1. The number of benzene rings is 2. The van der Waals surface area contributed by atoms with E-state index in [1.54, 1.807) is 29.8 Å². The number of carbonyl (C=O) groups is 1. The molecule has 0 radical (unpaired) electrons. The van der Waals surface area contributed by atoms with Gasteiger partial charge in [-0.2, -0.15) is 13.2 Å². The molecule has 1 aromatic heterocycles. The average Bonchev–Trinajstić information content (AvgIpc) is 3.02. The third kappa shape index (κ3) is 3.44. The molecule has 158 valence electrons. The molecule has 5 nitrogen and oxygen atoms in total. The van der Waals surface area contributed by atoms with Crippen molar-refractivity contribution in [1.29, 1.82) is 0 Å². The summed E-state index contributed by atoms with van der Waals surface area (Å²) in [6.07, 6.45) is -2.65. The Morgan fingerprint density at radius 3 is 2.43 bits per heavy atom. The molecular weight excluding hydrogens is 404 g/mol. The molecule has 0 unspecified atom stereocenters. The Morgan fingerprint density at radius 1 is 1.10 bits per heavy atom. The lowest BCUT2D eigenvalue weighted by Gasteiger charge is -2.38. The van der Waals surface area contributed by atoms with E-state index in [0.717, 1.165) is 17.8 Å². The second kappa shape index (κ2) is 7.23. The molecule has 0 bridgehead atoms. The zero-order valence-corrected chi connectivity index (χ0v) is 16.2. The van der Waals surface area contributed by atoms with Gasteiger partial charge in [0.1, 0.15) is 5.75 Å². The largest absolute Gasteiger partial charge is 0.497 e. The first kappa shape index (κ1) is 20.1. The zero-order valence-electron chi connectivity index (χ0n) is 16.2. The summed E-state index contributed by atoms with van der Waals surface area (Å²) in [5.41, 5.74) is 2.07. The number of methoxy groups -OCH3 is 1. The first-order valence-corrected chi connectivity index (χ1v) is 9.17. The molecule has 2 heterocycles. The summed E-state index contributed by atoms with van der Waals surface area (Å²) < 4.78 is 58.5. The van der Waals surface area contributed by atoms with Crippen molar-refractivity contribution in [2.24, 2.45) is 5.92 Å². The van der Waals surface area contributed by atoms with Crippen LogP contribution in [-0.2, 0) is 15.9 Å². The fraction of sp³-hybridized carbons (Fsp3) is 0.286. The second-order valence-corrected chi connectivity index (χ2v) is 7.30. The van der Waals surface area contributed by atoms with E-state index in [0.29, 0.717) is 41.0 Å². The van der Waals surface area contributed by atoms with Crippen molar-refractivity contribution in [2.75, 3.05) is 25.1 Å². The van der Waals surface area contributed by atoms with Crippen LogP contribution in [0.2, 0.25) is 0 Å². The van der Waals surface area contributed by atoms with Crippen molar-refractivity contribution in [3.63, 3.8) is 0 Å². The van der Waals surface area contributed by atoms with Gasteiger partial charge in [0.05, 0.1) is 29.8 Å². The molecule has 0 N–H and O–H groups in total. The van der Waals surface area contributed by atoms with Crippen LogP contribution in [0, 0.1) is 12.8 Å². The van der Waals surface area contributed by atoms with Crippen molar-refractivity contribution in [3.8, 4) is 11.4 Å². The first-order chi connectivity index (χ1) is 14.2. The molecule has 1 aliphatic heterocycles. The van der Waals surface area contributed by atoms with Crippen LogP contribution in [0.1, 0.15) is 11.1 Å². The molecule has 0 atom stereocenters. The van der Waals surface area contributed by atoms with Crippen molar-refractivity contribution in [2.45, 2.75) is 13.1 Å². The minimum atomic E-state index is -4.42. The highest BCUT2D eigenvalue weighted by molar-refractivity contribution is 5.86. The molecule has 1 fully saturated rings. The minimum Gasteiger partial charge on any atom is -0.497 e. The van der Waals surface area contributed by atoms with E-state index < -0.39 is 23.6 Å². The maximum atomic E-state index is 13.1. The van der Waals surface area contributed by atoms with Gasteiger partial charge in [-0.05, 0) is 36.8 Å².